The first-order valence-corrected chi connectivity index (χ1v) is 10.9. The SMILES string of the molecule is CC1CCN(C(=O)c2cccc(CS(=O)(=O)c3ccccc3)c2)C(CN)C1.Cl. The first-order valence-electron chi connectivity index (χ1n) is 9.28. The second-order valence-electron chi connectivity index (χ2n) is 7.29. The number of amides is 1. The highest BCUT2D eigenvalue weighted by Crippen LogP contribution is 2.24. The molecule has 1 aliphatic heterocycles. The summed E-state index contributed by atoms with van der Waals surface area (Å²) in [5.74, 6) is 0.358. The first kappa shape index (κ1) is 22.4. The Balaban J connectivity index is 0.00000280. The third-order valence-electron chi connectivity index (χ3n) is 5.14. The van der Waals surface area contributed by atoms with Crippen LogP contribution in [0.4, 0.5) is 0 Å². The molecule has 2 aromatic rings. The summed E-state index contributed by atoms with van der Waals surface area (Å²) >= 11 is 0. The molecule has 3 rings (SSSR count). The number of carbonyl (C=O) groups is 1. The van der Waals surface area contributed by atoms with E-state index in [4.69, 9.17) is 5.73 Å². The third-order valence-corrected chi connectivity index (χ3v) is 6.85. The molecule has 1 fully saturated rings. The zero-order valence-electron chi connectivity index (χ0n) is 16.0. The molecule has 0 radical (unpaired) electrons. The molecule has 2 N–H and O–H groups in total. The summed E-state index contributed by atoms with van der Waals surface area (Å²) in [6.07, 6.45) is 1.87. The van der Waals surface area contributed by atoms with Crippen LogP contribution in [0.15, 0.2) is 59.5 Å². The van der Waals surface area contributed by atoms with Gasteiger partial charge in [-0.05, 0) is 48.6 Å². The highest BCUT2D eigenvalue weighted by molar-refractivity contribution is 7.90. The van der Waals surface area contributed by atoms with Crippen molar-refractivity contribution >= 4 is 28.2 Å². The lowest BCUT2D eigenvalue weighted by molar-refractivity contribution is 0.0573. The predicted octanol–water partition coefficient (Wildman–Crippen LogP) is 3.28. The Morgan fingerprint density at radius 3 is 2.54 bits per heavy atom. The number of carbonyl (C=O) groups excluding carboxylic acids is 1. The van der Waals surface area contributed by atoms with Gasteiger partial charge in [0.2, 0.25) is 0 Å². The van der Waals surface area contributed by atoms with Gasteiger partial charge in [0.25, 0.3) is 5.91 Å². The van der Waals surface area contributed by atoms with Gasteiger partial charge in [0, 0.05) is 24.7 Å². The van der Waals surface area contributed by atoms with Crippen molar-refractivity contribution < 1.29 is 13.2 Å². The van der Waals surface area contributed by atoms with Gasteiger partial charge < -0.3 is 10.6 Å². The van der Waals surface area contributed by atoms with Crippen molar-refractivity contribution in [3.05, 3.63) is 65.7 Å². The van der Waals surface area contributed by atoms with Gasteiger partial charge in [-0.2, -0.15) is 0 Å². The minimum atomic E-state index is -3.45. The average molecular weight is 423 g/mol. The minimum absolute atomic E-state index is 0. The number of hydrogen-bond donors (Lipinski definition) is 1. The lowest BCUT2D eigenvalue weighted by Gasteiger charge is -2.38. The molecule has 2 unspecified atom stereocenters. The van der Waals surface area contributed by atoms with Crippen molar-refractivity contribution in [1.29, 1.82) is 0 Å². The van der Waals surface area contributed by atoms with E-state index in [1.165, 1.54) is 0 Å². The van der Waals surface area contributed by atoms with Crippen LogP contribution < -0.4 is 5.73 Å². The summed E-state index contributed by atoms with van der Waals surface area (Å²) in [5, 5.41) is 0. The van der Waals surface area contributed by atoms with Gasteiger partial charge in [0.1, 0.15) is 0 Å². The van der Waals surface area contributed by atoms with Crippen LogP contribution in [-0.2, 0) is 15.6 Å². The number of piperidine rings is 1. The molecule has 1 saturated heterocycles. The highest BCUT2D eigenvalue weighted by atomic mass is 35.5. The Labute approximate surface area is 173 Å². The first-order chi connectivity index (χ1) is 12.9. The van der Waals surface area contributed by atoms with E-state index in [-0.39, 0.29) is 35.0 Å². The zero-order valence-corrected chi connectivity index (χ0v) is 17.6. The summed E-state index contributed by atoms with van der Waals surface area (Å²) < 4.78 is 25.2. The summed E-state index contributed by atoms with van der Waals surface area (Å²) in [4.78, 5) is 15.1. The van der Waals surface area contributed by atoms with Crippen LogP contribution in [0.3, 0.4) is 0 Å². The van der Waals surface area contributed by atoms with Crippen molar-refractivity contribution in [3.63, 3.8) is 0 Å². The molecule has 0 aromatic heterocycles. The molecule has 28 heavy (non-hydrogen) atoms. The second-order valence-corrected chi connectivity index (χ2v) is 9.28. The molecule has 2 aromatic carbocycles. The van der Waals surface area contributed by atoms with Crippen LogP contribution in [0, 0.1) is 5.92 Å². The molecule has 5 nitrogen and oxygen atoms in total. The van der Waals surface area contributed by atoms with Gasteiger partial charge in [0.05, 0.1) is 10.6 Å². The predicted molar refractivity (Wildman–Crippen MR) is 113 cm³/mol. The van der Waals surface area contributed by atoms with Crippen LogP contribution in [0.25, 0.3) is 0 Å². The zero-order chi connectivity index (χ0) is 19.4. The fourth-order valence-corrected chi connectivity index (χ4v) is 4.99. The van der Waals surface area contributed by atoms with Gasteiger partial charge in [-0.15, -0.1) is 12.4 Å². The van der Waals surface area contributed by atoms with Crippen molar-refractivity contribution in [2.45, 2.75) is 36.5 Å². The van der Waals surface area contributed by atoms with E-state index in [1.807, 2.05) is 4.90 Å². The largest absolute Gasteiger partial charge is 0.334 e. The number of benzene rings is 2. The van der Waals surface area contributed by atoms with Crippen LogP contribution in [-0.4, -0.2) is 38.4 Å². The van der Waals surface area contributed by atoms with Gasteiger partial charge in [-0.1, -0.05) is 37.3 Å². The topological polar surface area (TPSA) is 80.5 Å². The van der Waals surface area contributed by atoms with E-state index >= 15 is 0 Å². The molecule has 0 spiro atoms. The van der Waals surface area contributed by atoms with E-state index in [1.54, 1.807) is 54.6 Å². The van der Waals surface area contributed by atoms with Crippen molar-refractivity contribution in [2.75, 3.05) is 13.1 Å². The van der Waals surface area contributed by atoms with E-state index in [2.05, 4.69) is 6.92 Å². The number of halogens is 1. The van der Waals surface area contributed by atoms with Crippen LogP contribution in [0.2, 0.25) is 0 Å². The molecule has 152 valence electrons. The van der Waals surface area contributed by atoms with Crippen molar-refractivity contribution in [3.8, 4) is 0 Å². The average Bonchev–Trinajstić information content (AvgIpc) is 2.68. The molecular formula is C21H27ClN2O3S. The normalized spacial score (nSPS) is 19.7. The van der Waals surface area contributed by atoms with E-state index in [0.717, 1.165) is 12.8 Å². The van der Waals surface area contributed by atoms with Gasteiger partial charge >= 0.3 is 0 Å². The lowest BCUT2D eigenvalue weighted by Crippen LogP contribution is -2.49. The number of nitrogens with zero attached hydrogens (tertiary/aromatic N) is 1. The maximum atomic E-state index is 13.0. The fourth-order valence-electron chi connectivity index (χ4n) is 3.63. The number of rotatable bonds is 5. The van der Waals surface area contributed by atoms with Gasteiger partial charge in [0.15, 0.2) is 9.84 Å². The molecule has 0 bridgehead atoms. The second kappa shape index (κ2) is 9.54. The number of sulfone groups is 1. The molecule has 1 heterocycles. The van der Waals surface area contributed by atoms with Crippen molar-refractivity contribution in [2.24, 2.45) is 11.7 Å². The third kappa shape index (κ3) is 5.13. The summed E-state index contributed by atoms with van der Waals surface area (Å²) in [6, 6.07) is 15.3. The van der Waals surface area contributed by atoms with E-state index in [9.17, 15) is 13.2 Å². The lowest BCUT2D eigenvalue weighted by atomic mass is 9.92. The summed E-state index contributed by atoms with van der Waals surface area (Å²) in [5.41, 5.74) is 7.00. The monoisotopic (exact) mass is 422 g/mol. The Morgan fingerprint density at radius 1 is 1.14 bits per heavy atom. The Hall–Kier alpha value is -1.89. The standard InChI is InChI=1S/C21H26N2O3S.ClH/c1-16-10-11-23(19(12-16)14-22)21(24)18-7-5-6-17(13-18)15-27(25,26)20-8-3-2-4-9-20;/h2-9,13,16,19H,10-12,14-15,22H2,1H3;1H. The Morgan fingerprint density at radius 2 is 1.86 bits per heavy atom. The molecular weight excluding hydrogens is 396 g/mol. The van der Waals surface area contributed by atoms with Crippen LogP contribution >= 0.6 is 12.4 Å². The summed E-state index contributed by atoms with van der Waals surface area (Å²) in [7, 11) is -3.45. The maximum absolute atomic E-state index is 13.0. The highest BCUT2D eigenvalue weighted by Gasteiger charge is 2.29. The van der Waals surface area contributed by atoms with E-state index in [0.29, 0.717) is 30.1 Å². The molecule has 7 heteroatoms. The number of nitrogens with two attached hydrogens (primary N) is 1. The molecule has 2 atom stereocenters. The van der Waals surface area contributed by atoms with Crippen LogP contribution in [0.5, 0.6) is 0 Å². The molecule has 1 amide bonds. The van der Waals surface area contributed by atoms with Crippen LogP contribution in [0.1, 0.15) is 35.7 Å². The summed E-state index contributed by atoms with van der Waals surface area (Å²) in [6.45, 7) is 3.31. The smallest absolute Gasteiger partial charge is 0.254 e. The molecule has 0 saturated carbocycles. The Bertz CT molecular complexity index is 903. The fraction of sp³-hybridized carbons (Fsp3) is 0.381. The quantitative estimate of drug-likeness (QED) is 0.801. The molecule has 0 aliphatic carbocycles. The van der Waals surface area contributed by atoms with Crippen molar-refractivity contribution in [1.82, 2.24) is 4.90 Å². The molecule has 1 aliphatic rings. The number of likely N-dealkylation sites (tertiary alicyclic amines) is 1. The maximum Gasteiger partial charge on any atom is 0.254 e. The number of hydrogen-bond acceptors (Lipinski definition) is 4. The Kier molecular flexibility index (Phi) is 7.63. The van der Waals surface area contributed by atoms with Gasteiger partial charge in [-0.25, -0.2) is 8.42 Å². The van der Waals surface area contributed by atoms with Gasteiger partial charge in [-0.3, -0.25) is 4.79 Å². The minimum Gasteiger partial charge on any atom is -0.334 e. The van der Waals surface area contributed by atoms with E-state index < -0.39 is 9.84 Å².